The van der Waals surface area contributed by atoms with Crippen molar-refractivity contribution in [1.82, 2.24) is 10.2 Å². The Labute approximate surface area is 147 Å². The van der Waals surface area contributed by atoms with Gasteiger partial charge in [-0.3, -0.25) is 9.69 Å². The van der Waals surface area contributed by atoms with Gasteiger partial charge in [0.15, 0.2) is 0 Å². The molecule has 2 atom stereocenters. The van der Waals surface area contributed by atoms with Gasteiger partial charge in [0.1, 0.15) is 5.75 Å². The lowest BCUT2D eigenvalue weighted by atomic mass is 10.1. The van der Waals surface area contributed by atoms with E-state index < -0.39 is 0 Å². The maximum Gasteiger partial charge on any atom is 0.255 e. The van der Waals surface area contributed by atoms with Crippen molar-refractivity contribution >= 4 is 23.2 Å². The zero-order valence-corrected chi connectivity index (χ0v) is 14.6. The molecule has 0 aromatic heterocycles. The van der Waals surface area contributed by atoms with Gasteiger partial charge in [-0.05, 0) is 32.4 Å². The molecule has 0 unspecified atom stereocenters. The summed E-state index contributed by atoms with van der Waals surface area (Å²) in [6, 6.07) is 3.69. The summed E-state index contributed by atoms with van der Waals surface area (Å²) in [7, 11) is 0. The molecule has 1 amide bonds. The highest BCUT2D eigenvalue weighted by Gasteiger charge is 2.32. The van der Waals surface area contributed by atoms with E-state index in [4.69, 9.17) is 26.8 Å². The van der Waals surface area contributed by atoms with Crippen molar-refractivity contribution in [2.75, 3.05) is 38.6 Å². The van der Waals surface area contributed by atoms with E-state index in [9.17, 15) is 4.79 Å². The number of carbonyl (C=O) groups is 1. The molecule has 3 rings (SSSR count). The van der Waals surface area contributed by atoms with Crippen LogP contribution in [0.25, 0.3) is 0 Å². The molecule has 6 nitrogen and oxygen atoms in total. The lowest BCUT2D eigenvalue weighted by Crippen LogP contribution is -2.50. The molecule has 0 spiro atoms. The van der Waals surface area contributed by atoms with Gasteiger partial charge in [0, 0.05) is 25.2 Å². The van der Waals surface area contributed by atoms with Gasteiger partial charge >= 0.3 is 0 Å². The zero-order chi connectivity index (χ0) is 17.1. The first kappa shape index (κ1) is 17.3. The molecule has 2 saturated heterocycles. The summed E-state index contributed by atoms with van der Waals surface area (Å²) in [5.41, 5.74) is 6.58. The number of nitrogen functional groups attached to an aromatic ring is 1. The van der Waals surface area contributed by atoms with Crippen LogP contribution in [-0.4, -0.2) is 55.8 Å². The summed E-state index contributed by atoms with van der Waals surface area (Å²) in [5.74, 6) is 0.216. The second kappa shape index (κ2) is 7.59. The first-order valence-electron chi connectivity index (χ1n) is 8.44. The van der Waals surface area contributed by atoms with Crippen molar-refractivity contribution in [3.63, 3.8) is 0 Å². The standard InChI is InChI=1S/C17H24ClN3O3/c1-2-23-16-7-15(19)14(18)6-13(16)17(22)20-8-12-9-21-5-3-4-11(21)10-24-12/h6-7,11-12H,2-5,8-10,19H2,1H3,(H,20,22)/t11-,12-/m1/s1. The van der Waals surface area contributed by atoms with Crippen LogP contribution < -0.4 is 15.8 Å². The van der Waals surface area contributed by atoms with Crippen molar-refractivity contribution in [3.8, 4) is 5.75 Å². The summed E-state index contributed by atoms with van der Waals surface area (Å²) in [4.78, 5) is 15.0. The summed E-state index contributed by atoms with van der Waals surface area (Å²) < 4.78 is 11.4. The fraction of sp³-hybridized carbons (Fsp3) is 0.588. The highest BCUT2D eigenvalue weighted by atomic mass is 35.5. The number of fused-ring (bicyclic) bond motifs is 1. The van der Waals surface area contributed by atoms with E-state index in [1.165, 1.54) is 12.8 Å². The average molecular weight is 354 g/mol. The topological polar surface area (TPSA) is 76.8 Å². The van der Waals surface area contributed by atoms with Crippen LogP contribution in [0.1, 0.15) is 30.1 Å². The van der Waals surface area contributed by atoms with E-state index in [2.05, 4.69) is 10.2 Å². The number of ether oxygens (including phenoxy) is 2. The van der Waals surface area contributed by atoms with Gasteiger partial charge in [-0.25, -0.2) is 0 Å². The largest absolute Gasteiger partial charge is 0.493 e. The molecule has 2 aliphatic heterocycles. The van der Waals surface area contributed by atoms with Crippen LogP contribution in [0.3, 0.4) is 0 Å². The van der Waals surface area contributed by atoms with Gasteiger partial charge in [-0.2, -0.15) is 0 Å². The van der Waals surface area contributed by atoms with Crippen LogP contribution in [0.4, 0.5) is 5.69 Å². The van der Waals surface area contributed by atoms with E-state index in [1.54, 1.807) is 12.1 Å². The molecule has 1 aromatic rings. The predicted molar refractivity (Wildman–Crippen MR) is 93.7 cm³/mol. The average Bonchev–Trinajstić information content (AvgIpc) is 3.03. The lowest BCUT2D eigenvalue weighted by molar-refractivity contribution is -0.0461. The highest BCUT2D eigenvalue weighted by Crippen LogP contribution is 2.29. The minimum Gasteiger partial charge on any atom is -0.493 e. The molecule has 2 aliphatic rings. The highest BCUT2D eigenvalue weighted by molar-refractivity contribution is 6.33. The third-order valence-electron chi connectivity index (χ3n) is 4.60. The fourth-order valence-electron chi connectivity index (χ4n) is 3.33. The second-order valence-electron chi connectivity index (χ2n) is 6.26. The van der Waals surface area contributed by atoms with Crippen LogP contribution in [0, 0.1) is 0 Å². The molecular weight excluding hydrogens is 330 g/mol. The molecule has 24 heavy (non-hydrogen) atoms. The molecule has 2 fully saturated rings. The van der Waals surface area contributed by atoms with Gasteiger partial charge in [-0.1, -0.05) is 11.6 Å². The second-order valence-corrected chi connectivity index (χ2v) is 6.67. The Morgan fingerprint density at radius 1 is 1.54 bits per heavy atom. The number of carbonyl (C=O) groups excluding carboxylic acids is 1. The van der Waals surface area contributed by atoms with Gasteiger partial charge < -0.3 is 20.5 Å². The number of nitrogens with zero attached hydrogens (tertiary/aromatic N) is 1. The third kappa shape index (κ3) is 3.77. The summed E-state index contributed by atoms with van der Waals surface area (Å²) in [6.07, 6.45) is 2.46. The molecule has 3 N–H and O–H groups in total. The Morgan fingerprint density at radius 2 is 2.38 bits per heavy atom. The number of nitrogens with two attached hydrogens (primary N) is 1. The first-order chi connectivity index (χ1) is 11.6. The Morgan fingerprint density at radius 3 is 3.17 bits per heavy atom. The number of hydrogen-bond acceptors (Lipinski definition) is 5. The Bertz CT molecular complexity index is 611. The summed E-state index contributed by atoms with van der Waals surface area (Å²) >= 11 is 6.05. The lowest BCUT2D eigenvalue weighted by Gasteiger charge is -2.35. The Hall–Kier alpha value is -1.50. The first-order valence-corrected chi connectivity index (χ1v) is 8.82. The summed E-state index contributed by atoms with van der Waals surface area (Å²) in [5, 5.41) is 3.27. The number of anilines is 1. The zero-order valence-electron chi connectivity index (χ0n) is 13.9. The Kier molecular flexibility index (Phi) is 5.48. The molecule has 0 radical (unpaired) electrons. The van der Waals surface area contributed by atoms with E-state index in [0.29, 0.717) is 41.2 Å². The smallest absolute Gasteiger partial charge is 0.255 e. The van der Waals surface area contributed by atoms with Crippen molar-refractivity contribution in [2.24, 2.45) is 0 Å². The Balaban J connectivity index is 1.61. The fourth-order valence-corrected chi connectivity index (χ4v) is 3.50. The molecule has 0 aliphatic carbocycles. The molecule has 7 heteroatoms. The van der Waals surface area contributed by atoms with Gasteiger partial charge in [0.05, 0.1) is 35.6 Å². The van der Waals surface area contributed by atoms with Gasteiger partial charge in [0.25, 0.3) is 5.91 Å². The van der Waals surface area contributed by atoms with Crippen LogP contribution in [0.5, 0.6) is 5.75 Å². The maximum absolute atomic E-state index is 12.5. The number of amides is 1. The van der Waals surface area contributed by atoms with E-state index in [0.717, 1.165) is 19.7 Å². The molecule has 1 aromatic carbocycles. The molecule has 0 saturated carbocycles. The molecule has 132 valence electrons. The summed E-state index contributed by atoms with van der Waals surface area (Å²) in [6.45, 7) is 5.51. The molecule has 2 heterocycles. The van der Waals surface area contributed by atoms with Crippen molar-refractivity contribution in [2.45, 2.75) is 31.9 Å². The SMILES string of the molecule is CCOc1cc(N)c(Cl)cc1C(=O)NC[C@@H]1CN2CCC[C@@H]2CO1. The molecular formula is C17H24ClN3O3. The van der Waals surface area contributed by atoms with Crippen LogP contribution in [-0.2, 0) is 4.74 Å². The third-order valence-corrected chi connectivity index (χ3v) is 4.92. The normalized spacial score (nSPS) is 23.8. The number of benzene rings is 1. The van der Waals surface area contributed by atoms with E-state index in [-0.39, 0.29) is 12.0 Å². The number of halogens is 1. The van der Waals surface area contributed by atoms with Crippen molar-refractivity contribution in [3.05, 3.63) is 22.7 Å². The van der Waals surface area contributed by atoms with Gasteiger partial charge in [0.2, 0.25) is 0 Å². The van der Waals surface area contributed by atoms with E-state index in [1.807, 2.05) is 6.92 Å². The van der Waals surface area contributed by atoms with Crippen molar-refractivity contribution in [1.29, 1.82) is 0 Å². The van der Waals surface area contributed by atoms with Crippen LogP contribution in [0.15, 0.2) is 12.1 Å². The maximum atomic E-state index is 12.5. The predicted octanol–water partition coefficient (Wildman–Crippen LogP) is 1.91. The number of morpholine rings is 1. The molecule has 0 bridgehead atoms. The number of rotatable bonds is 5. The minimum atomic E-state index is -0.229. The number of hydrogen-bond donors (Lipinski definition) is 2. The van der Waals surface area contributed by atoms with Crippen LogP contribution in [0.2, 0.25) is 5.02 Å². The number of nitrogens with one attached hydrogen (secondary N) is 1. The minimum absolute atomic E-state index is 0.0168. The van der Waals surface area contributed by atoms with Crippen LogP contribution >= 0.6 is 11.6 Å². The quantitative estimate of drug-likeness (QED) is 0.791. The monoisotopic (exact) mass is 353 g/mol. The van der Waals surface area contributed by atoms with Crippen molar-refractivity contribution < 1.29 is 14.3 Å². The van der Waals surface area contributed by atoms with Gasteiger partial charge in [-0.15, -0.1) is 0 Å². The van der Waals surface area contributed by atoms with E-state index >= 15 is 0 Å².